The predicted octanol–water partition coefficient (Wildman–Crippen LogP) is 4.03. The Morgan fingerprint density at radius 2 is 1.86 bits per heavy atom. The van der Waals surface area contributed by atoms with E-state index in [1.165, 1.54) is 5.56 Å². The lowest BCUT2D eigenvalue weighted by Crippen LogP contribution is -2.15. The third-order valence-corrected chi connectivity index (χ3v) is 3.95. The molecule has 0 aromatic heterocycles. The summed E-state index contributed by atoms with van der Waals surface area (Å²) in [7, 11) is 1.66. The topological polar surface area (TPSA) is 44.5 Å². The second kappa shape index (κ2) is 8.06. The minimum atomic E-state index is 0.250. The summed E-state index contributed by atoms with van der Waals surface area (Å²) in [6, 6.07) is 14.0. The quantitative estimate of drug-likeness (QED) is 0.838. The van der Waals surface area contributed by atoms with Crippen molar-refractivity contribution in [3.05, 3.63) is 58.6 Å². The van der Waals surface area contributed by atoms with Crippen molar-refractivity contribution in [2.24, 2.45) is 5.73 Å². The first-order chi connectivity index (χ1) is 10.7. The standard InChI is InChI=1S/C18H22ClNO2/c1-3-22-18-9-4-13(11-17(18)19)10-15(12-20)14-5-7-16(21-2)8-6-14/h4-9,11,15H,3,10,12,20H2,1-2H3. The van der Waals surface area contributed by atoms with Crippen LogP contribution in [-0.4, -0.2) is 20.3 Å². The molecule has 2 aromatic rings. The summed E-state index contributed by atoms with van der Waals surface area (Å²) in [5.41, 5.74) is 8.30. The normalized spacial score (nSPS) is 12.0. The van der Waals surface area contributed by atoms with Crippen LogP contribution < -0.4 is 15.2 Å². The van der Waals surface area contributed by atoms with E-state index in [9.17, 15) is 0 Å². The van der Waals surface area contributed by atoms with Gasteiger partial charge in [-0.15, -0.1) is 0 Å². The monoisotopic (exact) mass is 319 g/mol. The summed E-state index contributed by atoms with van der Waals surface area (Å²) < 4.78 is 10.7. The fourth-order valence-electron chi connectivity index (χ4n) is 2.44. The molecule has 3 nitrogen and oxygen atoms in total. The third-order valence-electron chi connectivity index (χ3n) is 3.65. The fourth-order valence-corrected chi connectivity index (χ4v) is 2.70. The van der Waals surface area contributed by atoms with Crippen molar-refractivity contribution in [3.8, 4) is 11.5 Å². The second-order valence-electron chi connectivity index (χ2n) is 5.11. The van der Waals surface area contributed by atoms with Crippen molar-refractivity contribution in [1.29, 1.82) is 0 Å². The van der Waals surface area contributed by atoms with Crippen LogP contribution in [0, 0.1) is 0 Å². The molecule has 0 aliphatic rings. The van der Waals surface area contributed by atoms with Gasteiger partial charge in [-0.1, -0.05) is 29.8 Å². The Hall–Kier alpha value is -1.71. The first kappa shape index (κ1) is 16.7. The zero-order chi connectivity index (χ0) is 15.9. The van der Waals surface area contributed by atoms with Crippen LogP contribution in [0.15, 0.2) is 42.5 Å². The van der Waals surface area contributed by atoms with Gasteiger partial charge in [0.05, 0.1) is 18.7 Å². The van der Waals surface area contributed by atoms with E-state index in [0.717, 1.165) is 23.5 Å². The van der Waals surface area contributed by atoms with Crippen molar-refractivity contribution < 1.29 is 9.47 Å². The Bertz CT molecular complexity index is 599. The molecule has 0 aliphatic carbocycles. The van der Waals surface area contributed by atoms with Gasteiger partial charge >= 0.3 is 0 Å². The highest BCUT2D eigenvalue weighted by Crippen LogP contribution is 2.28. The highest BCUT2D eigenvalue weighted by Gasteiger charge is 2.12. The average molecular weight is 320 g/mol. The van der Waals surface area contributed by atoms with Crippen molar-refractivity contribution in [3.63, 3.8) is 0 Å². The Kier molecular flexibility index (Phi) is 6.10. The van der Waals surface area contributed by atoms with Gasteiger partial charge in [-0.3, -0.25) is 0 Å². The molecule has 0 bridgehead atoms. The van der Waals surface area contributed by atoms with Crippen LogP contribution in [0.3, 0.4) is 0 Å². The first-order valence-corrected chi connectivity index (χ1v) is 7.81. The van der Waals surface area contributed by atoms with Gasteiger partial charge in [0, 0.05) is 5.92 Å². The van der Waals surface area contributed by atoms with Crippen molar-refractivity contribution in [2.45, 2.75) is 19.3 Å². The lowest BCUT2D eigenvalue weighted by Gasteiger charge is -2.16. The molecule has 0 fully saturated rings. The van der Waals surface area contributed by atoms with Crippen LogP contribution in [0.5, 0.6) is 11.5 Å². The van der Waals surface area contributed by atoms with E-state index in [1.54, 1.807) is 7.11 Å². The molecule has 2 aromatic carbocycles. The Balaban J connectivity index is 2.13. The van der Waals surface area contributed by atoms with E-state index in [1.807, 2.05) is 37.3 Å². The van der Waals surface area contributed by atoms with Crippen LogP contribution >= 0.6 is 11.6 Å². The Morgan fingerprint density at radius 1 is 1.14 bits per heavy atom. The minimum Gasteiger partial charge on any atom is -0.497 e. The maximum Gasteiger partial charge on any atom is 0.137 e. The SMILES string of the molecule is CCOc1ccc(CC(CN)c2ccc(OC)cc2)cc1Cl. The molecule has 0 amide bonds. The van der Waals surface area contributed by atoms with Gasteiger partial charge in [-0.25, -0.2) is 0 Å². The minimum absolute atomic E-state index is 0.250. The number of halogens is 1. The molecule has 1 unspecified atom stereocenters. The van der Waals surface area contributed by atoms with Gasteiger partial charge < -0.3 is 15.2 Å². The number of rotatable bonds is 7. The molecule has 22 heavy (non-hydrogen) atoms. The molecule has 0 saturated carbocycles. The number of benzene rings is 2. The number of ether oxygens (including phenoxy) is 2. The Labute approximate surface area is 137 Å². The van der Waals surface area contributed by atoms with E-state index in [-0.39, 0.29) is 5.92 Å². The summed E-state index contributed by atoms with van der Waals surface area (Å²) in [6.45, 7) is 3.13. The van der Waals surface area contributed by atoms with E-state index < -0.39 is 0 Å². The number of hydrogen-bond acceptors (Lipinski definition) is 3. The van der Waals surface area contributed by atoms with E-state index in [4.69, 9.17) is 26.8 Å². The van der Waals surface area contributed by atoms with E-state index in [2.05, 4.69) is 12.1 Å². The zero-order valence-electron chi connectivity index (χ0n) is 13.0. The molecular weight excluding hydrogens is 298 g/mol. The number of hydrogen-bond donors (Lipinski definition) is 1. The summed E-state index contributed by atoms with van der Waals surface area (Å²) in [5.74, 6) is 1.82. The fraction of sp³-hybridized carbons (Fsp3) is 0.333. The molecule has 2 rings (SSSR count). The molecular formula is C18H22ClNO2. The molecule has 0 spiro atoms. The molecule has 118 valence electrons. The van der Waals surface area contributed by atoms with Crippen LogP contribution in [0.1, 0.15) is 24.0 Å². The van der Waals surface area contributed by atoms with Gasteiger partial charge in [0.15, 0.2) is 0 Å². The maximum atomic E-state index is 6.25. The highest BCUT2D eigenvalue weighted by atomic mass is 35.5. The lowest BCUT2D eigenvalue weighted by molar-refractivity contribution is 0.340. The summed E-state index contributed by atoms with van der Waals surface area (Å²) in [4.78, 5) is 0. The number of methoxy groups -OCH3 is 1. The molecule has 2 N–H and O–H groups in total. The maximum absolute atomic E-state index is 6.25. The van der Waals surface area contributed by atoms with Crippen molar-refractivity contribution in [1.82, 2.24) is 0 Å². The molecule has 1 atom stereocenters. The van der Waals surface area contributed by atoms with Gasteiger partial charge in [0.2, 0.25) is 0 Å². The number of nitrogens with two attached hydrogens (primary N) is 1. The van der Waals surface area contributed by atoms with Crippen LogP contribution in [-0.2, 0) is 6.42 Å². The molecule has 0 radical (unpaired) electrons. The van der Waals surface area contributed by atoms with Gasteiger partial charge in [0.1, 0.15) is 11.5 Å². The second-order valence-corrected chi connectivity index (χ2v) is 5.51. The molecule has 0 heterocycles. The van der Waals surface area contributed by atoms with Crippen LogP contribution in [0.4, 0.5) is 0 Å². The lowest BCUT2D eigenvalue weighted by atomic mass is 9.92. The third kappa shape index (κ3) is 4.15. The van der Waals surface area contributed by atoms with Crippen molar-refractivity contribution >= 4 is 11.6 Å². The smallest absolute Gasteiger partial charge is 0.137 e. The molecule has 0 saturated heterocycles. The van der Waals surface area contributed by atoms with Gasteiger partial charge in [-0.05, 0) is 55.3 Å². The summed E-state index contributed by atoms with van der Waals surface area (Å²) in [6.07, 6.45) is 0.842. The Morgan fingerprint density at radius 3 is 2.41 bits per heavy atom. The average Bonchev–Trinajstić information content (AvgIpc) is 2.55. The predicted molar refractivity (Wildman–Crippen MR) is 91.1 cm³/mol. The molecule has 4 heteroatoms. The van der Waals surface area contributed by atoms with E-state index >= 15 is 0 Å². The van der Waals surface area contributed by atoms with Crippen molar-refractivity contribution in [2.75, 3.05) is 20.3 Å². The summed E-state index contributed by atoms with van der Waals surface area (Å²) >= 11 is 6.25. The van der Waals surface area contributed by atoms with E-state index in [0.29, 0.717) is 18.2 Å². The summed E-state index contributed by atoms with van der Waals surface area (Å²) in [5, 5.41) is 0.643. The zero-order valence-corrected chi connectivity index (χ0v) is 13.8. The first-order valence-electron chi connectivity index (χ1n) is 7.43. The molecule has 0 aliphatic heterocycles. The van der Waals surface area contributed by atoms with Crippen LogP contribution in [0.2, 0.25) is 5.02 Å². The highest BCUT2D eigenvalue weighted by molar-refractivity contribution is 6.32. The van der Waals surface area contributed by atoms with Gasteiger partial charge in [-0.2, -0.15) is 0 Å². The van der Waals surface area contributed by atoms with Gasteiger partial charge in [0.25, 0.3) is 0 Å². The largest absolute Gasteiger partial charge is 0.497 e. The van der Waals surface area contributed by atoms with Crippen LogP contribution in [0.25, 0.3) is 0 Å².